The Hall–Kier alpha value is 0.651. The Labute approximate surface area is 95.1 Å². The van der Waals surface area contributed by atoms with Gasteiger partial charge < -0.3 is 0 Å². The van der Waals surface area contributed by atoms with Gasteiger partial charge in [0, 0.05) is 24.9 Å². The molecule has 0 amide bonds. The maximum Gasteiger partial charge on any atom is 0.0468 e. The molecule has 0 heterocycles. The smallest absolute Gasteiger partial charge is 0.0468 e. The summed E-state index contributed by atoms with van der Waals surface area (Å²) in [4.78, 5) is 0. The highest BCUT2D eigenvalue weighted by Gasteiger charge is 2.24. The minimum Gasteiger partial charge on any atom is -0.0722 e. The number of hydrogen-bond acceptors (Lipinski definition) is 0. The Bertz CT molecular complexity index is 156. The minimum atomic E-state index is -0.806. The summed E-state index contributed by atoms with van der Waals surface area (Å²) >= 11 is 0. The lowest BCUT2D eigenvalue weighted by molar-refractivity contribution is 1.20. The molecule has 3 heteroatoms. The fraction of sp³-hybridized carbons (Fsp3) is 1.00. The molecule has 0 rings (SSSR count). The summed E-state index contributed by atoms with van der Waals surface area (Å²) in [5.41, 5.74) is 0. The molecule has 0 aromatic carbocycles. The van der Waals surface area contributed by atoms with Gasteiger partial charge >= 0.3 is 0 Å². The van der Waals surface area contributed by atoms with Crippen LogP contribution in [0.1, 0.15) is 0 Å². The van der Waals surface area contributed by atoms with E-state index in [1.165, 1.54) is 0 Å². The van der Waals surface area contributed by atoms with Crippen molar-refractivity contribution >= 4 is 24.9 Å². The highest BCUT2D eigenvalue weighted by Crippen LogP contribution is 2.25. The molecule has 0 unspecified atom stereocenters. The zero-order valence-electron chi connectivity index (χ0n) is 11.4. The Morgan fingerprint density at radius 2 is 1.29 bits per heavy atom. The second-order valence-corrected chi connectivity index (χ2v) is 21.5. The summed E-state index contributed by atoms with van der Waals surface area (Å²) in [5, 5.41) is 0. The molecule has 0 aliphatic carbocycles. The first-order chi connectivity index (χ1) is 6.12. The predicted octanol–water partition coefficient (Wildman–Crippen LogP) is 4.52. The van der Waals surface area contributed by atoms with E-state index < -0.39 is 16.1 Å². The summed E-state index contributed by atoms with van der Waals surface area (Å²) in [6.07, 6.45) is 0. The third-order valence-electron chi connectivity index (χ3n) is 2.95. The van der Waals surface area contributed by atoms with Gasteiger partial charge in [-0.2, -0.15) is 0 Å². The van der Waals surface area contributed by atoms with Crippen molar-refractivity contribution in [3.05, 3.63) is 0 Å². The molecule has 0 radical (unpaired) electrons. The van der Waals surface area contributed by atoms with E-state index in [2.05, 4.69) is 45.8 Å². The average Bonchev–Trinajstić information content (AvgIpc) is 1.97. The van der Waals surface area contributed by atoms with Crippen molar-refractivity contribution in [1.29, 1.82) is 0 Å². The summed E-state index contributed by atoms with van der Waals surface area (Å²) in [6.45, 7) is 17.7. The van der Waals surface area contributed by atoms with Gasteiger partial charge in [-0.05, 0) is 0 Å². The third-order valence-corrected chi connectivity index (χ3v) is 10.5. The van der Waals surface area contributed by atoms with Gasteiger partial charge in [-0.1, -0.05) is 70.0 Å². The molecule has 0 atom stereocenters. The van der Waals surface area contributed by atoms with E-state index in [-0.39, 0.29) is 8.80 Å². The van der Waals surface area contributed by atoms with E-state index in [1.807, 2.05) is 0 Å². The molecule has 0 N–H and O–H groups in total. The summed E-state index contributed by atoms with van der Waals surface area (Å²) < 4.78 is 0. The van der Waals surface area contributed by atoms with E-state index >= 15 is 0 Å². The van der Waals surface area contributed by atoms with Gasteiger partial charge in [-0.15, -0.1) is 0 Å². The Morgan fingerprint density at radius 3 is 1.64 bits per heavy atom. The molecule has 14 heavy (non-hydrogen) atoms. The monoisotopic (exact) mass is 246 g/mol. The Kier molecular flexibility index (Phi) is 5.92. The second-order valence-electron chi connectivity index (χ2n) is 7.16. The topological polar surface area (TPSA) is 0 Å². The molecule has 0 spiro atoms. The maximum absolute atomic E-state index is 2.60. The van der Waals surface area contributed by atoms with Crippen molar-refractivity contribution < 1.29 is 0 Å². The minimum absolute atomic E-state index is 0.291. The summed E-state index contributed by atoms with van der Waals surface area (Å²) in [6, 6.07) is 6.34. The van der Waals surface area contributed by atoms with Gasteiger partial charge in [0.2, 0.25) is 0 Å². The van der Waals surface area contributed by atoms with Crippen molar-refractivity contribution in [2.45, 2.75) is 70.0 Å². The van der Waals surface area contributed by atoms with Crippen LogP contribution in [0.15, 0.2) is 0 Å². The Morgan fingerprint density at radius 1 is 0.786 bits per heavy atom. The SMILES string of the molecule is C[SiH](C)CC[Si](C)(C)CC[Si](C)(C)C. The largest absolute Gasteiger partial charge is 0.0722 e. The average molecular weight is 247 g/mol. The van der Waals surface area contributed by atoms with Gasteiger partial charge in [-0.25, -0.2) is 0 Å². The van der Waals surface area contributed by atoms with Crippen LogP contribution in [0.25, 0.3) is 0 Å². The Balaban J connectivity index is 3.83. The van der Waals surface area contributed by atoms with Crippen LogP contribution in [0, 0.1) is 0 Å². The quantitative estimate of drug-likeness (QED) is 0.605. The van der Waals surface area contributed by atoms with Gasteiger partial charge in [0.25, 0.3) is 0 Å². The summed E-state index contributed by atoms with van der Waals surface area (Å²) in [5.74, 6) is 0. The van der Waals surface area contributed by atoms with Gasteiger partial charge in [-0.3, -0.25) is 0 Å². The van der Waals surface area contributed by atoms with Crippen LogP contribution >= 0.6 is 0 Å². The van der Waals surface area contributed by atoms with Crippen molar-refractivity contribution in [3.8, 4) is 0 Å². The van der Waals surface area contributed by atoms with Gasteiger partial charge in [0.05, 0.1) is 0 Å². The van der Waals surface area contributed by atoms with Crippen molar-refractivity contribution in [2.75, 3.05) is 0 Å². The molecule has 0 nitrogen and oxygen atoms in total. The van der Waals surface area contributed by atoms with E-state index in [0.717, 1.165) is 0 Å². The fourth-order valence-corrected chi connectivity index (χ4v) is 12.9. The normalized spacial score (nSPS) is 13.7. The second kappa shape index (κ2) is 5.66. The van der Waals surface area contributed by atoms with E-state index in [9.17, 15) is 0 Å². The van der Waals surface area contributed by atoms with Crippen LogP contribution in [0.2, 0.25) is 70.0 Å². The lowest BCUT2D eigenvalue weighted by Gasteiger charge is -2.26. The molecule has 86 valence electrons. The van der Waals surface area contributed by atoms with Gasteiger partial charge in [0.1, 0.15) is 0 Å². The number of rotatable bonds is 6. The van der Waals surface area contributed by atoms with Crippen LogP contribution in [-0.2, 0) is 0 Å². The van der Waals surface area contributed by atoms with Crippen LogP contribution < -0.4 is 0 Å². The third kappa shape index (κ3) is 9.22. The van der Waals surface area contributed by atoms with E-state index in [4.69, 9.17) is 0 Å². The van der Waals surface area contributed by atoms with Crippen LogP contribution in [0.3, 0.4) is 0 Å². The molecule has 0 aliphatic rings. The first-order valence-electron chi connectivity index (χ1n) is 6.12. The fourth-order valence-electron chi connectivity index (χ4n) is 1.52. The van der Waals surface area contributed by atoms with Crippen LogP contribution in [0.5, 0.6) is 0 Å². The van der Waals surface area contributed by atoms with E-state index in [1.54, 1.807) is 24.2 Å². The molecule has 0 bridgehead atoms. The van der Waals surface area contributed by atoms with E-state index in [0.29, 0.717) is 0 Å². The molecular formula is C11H30Si3. The zero-order chi connectivity index (χ0) is 11.4. The maximum atomic E-state index is 2.60. The molecule has 0 aliphatic heterocycles. The molecule has 0 fully saturated rings. The lowest BCUT2D eigenvalue weighted by atomic mass is 10.9. The molecular weight excluding hydrogens is 216 g/mol. The molecule has 0 aromatic heterocycles. The first-order valence-corrected chi connectivity index (χ1v) is 16.4. The molecule has 0 saturated carbocycles. The van der Waals surface area contributed by atoms with Crippen LogP contribution in [-0.4, -0.2) is 24.9 Å². The predicted molar refractivity (Wildman–Crippen MR) is 78.9 cm³/mol. The molecule has 0 saturated heterocycles. The zero-order valence-corrected chi connectivity index (χ0v) is 14.6. The molecule has 0 aromatic rings. The van der Waals surface area contributed by atoms with Crippen molar-refractivity contribution in [1.82, 2.24) is 0 Å². The standard InChI is InChI=1S/C11H30Si3/c1-12(2)8-9-14(6,7)11-10-13(3,4)5/h12H,8-11H2,1-7H3. The van der Waals surface area contributed by atoms with Gasteiger partial charge in [0.15, 0.2) is 0 Å². The highest BCUT2D eigenvalue weighted by atomic mass is 28.3. The lowest BCUT2D eigenvalue weighted by Crippen LogP contribution is -2.30. The van der Waals surface area contributed by atoms with Crippen LogP contribution in [0.4, 0.5) is 0 Å². The summed E-state index contributed by atoms with van der Waals surface area (Å²) in [7, 11) is -1.87. The highest BCUT2D eigenvalue weighted by molar-refractivity contribution is 6.82. The van der Waals surface area contributed by atoms with Crippen molar-refractivity contribution in [3.63, 3.8) is 0 Å². The first kappa shape index (κ1) is 14.7. The van der Waals surface area contributed by atoms with Crippen molar-refractivity contribution in [2.24, 2.45) is 0 Å². The number of hydrogen-bond donors (Lipinski definition) is 0.